The summed E-state index contributed by atoms with van der Waals surface area (Å²) in [6.45, 7) is 9.65. The standard InChI is InChI=1S/C21H27N7O/c1-15-12-23-27(13-15)16-8-10-26(14-16)20(29)24-19-11-17(21(2,3)4)25-28(19)18-7-5-6-9-22-18/h5-7,9,11-13,16H,8,10,14H2,1-4H3,(H,24,29). The highest BCUT2D eigenvalue weighted by atomic mass is 16.2. The van der Waals surface area contributed by atoms with Gasteiger partial charge in [0.05, 0.1) is 17.9 Å². The van der Waals surface area contributed by atoms with E-state index >= 15 is 0 Å². The summed E-state index contributed by atoms with van der Waals surface area (Å²) in [6, 6.07) is 7.65. The zero-order chi connectivity index (χ0) is 20.6. The van der Waals surface area contributed by atoms with Crippen LogP contribution in [0.25, 0.3) is 5.82 Å². The van der Waals surface area contributed by atoms with Crippen LogP contribution >= 0.6 is 0 Å². The van der Waals surface area contributed by atoms with Crippen molar-refractivity contribution in [1.29, 1.82) is 0 Å². The van der Waals surface area contributed by atoms with Crippen LogP contribution < -0.4 is 5.32 Å². The van der Waals surface area contributed by atoms with Crippen LogP contribution in [0.5, 0.6) is 0 Å². The number of urea groups is 1. The first-order valence-electron chi connectivity index (χ1n) is 9.90. The van der Waals surface area contributed by atoms with Gasteiger partial charge in [0.25, 0.3) is 0 Å². The number of amides is 2. The lowest BCUT2D eigenvalue weighted by atomic mass is 9.92. The minimum absolute atomic E-state index is 0.131. The van der Waals surface area contributed by atoms with Gasteiger partial charge in [-0.15, -0.1) is 0 Å². The average Bonchev–Trinajstić information content (AvgIpc) is 3.40. The number of nitrogens with zero attached hydrogens (tertiary/aromatic N) is 6. The van der Waals surface area contributed by atoms with E-state index < -0.39 is 0 Å². The third-order valence-electron chi connectivity index (χ3n) is 5.13. The Balaban J connectivity index is 1.54. The number of carbonyl (C=O) groups excluding carboxylic acids is 1. The van der Waals surface area contributed by atoms with Crippen LogP contribution in [-0.4, -0.2) is 48.6 Å². The summed E-state index contributed by atoms with van der Waals surface area (Å²) in [5, 5.41) is 12.1. The fourth-order valence-electron chi connectivity index (χ4n) is 3.45. The number of rotatable bonds is 3. The Morgan fingerprint density at radius 3 is 2.76 bits per heavy atom. The van der Waals surface area contributed by atoms with Crippen LogP contribution in [0.15, 0.2) is 42.9 Å². The van der Waals surface area contributed by atoms with Gasteiger partial charge in [0, 0.05) is 37.0 Å². The molecule has 1 aliphatic heterocycles. The van der Waals surface area contributed by atoms with Gasteiger partial charge < -0.3 is 4.90 Å². The largest absolute Gasteiger partial charge is 0.323 e. The molecule has 0 spiro atoms. The third-order valence-corrected chi connectivity index (χ3v) is 5.13. The van der Waals surface area contributed by atoms with Crippen molar-refractivity contribution in [2.45, 2.75) is 45.6 Å². The van der Waals surface area contributed by atoms with Crippen molar-refractivity contribution in [3.63, 3.8) is 0 Å². The minimum Gasteiger partial charge on any atom is -0.322 e. The molecule has 1 N–H and O–H groups in total. The Labute approximate surface area is 170 Å². The second kappa shape index (κ2) is 7.35. The van der Waals surface area contributed by atoms with E-state index in [0.29, 0.717) is 24.7 Å². The summed E-state index contributed by atoms with van der Waals surface area (Å²) in [5.41, 5.74) is 1.88. The van der Waals surface area contributed by atoms with Crippen molar-refractivity contribution in [3.05, 3.63) is 54.1 Å². The number of pyridine rings is 1. The molecule has 29 heavy (non-hydrogen) atoms. The highest BCUT2D eigenvalue weighted by Crippen LogP contribution is 2.27. The number of anilines is 1. The molecule has 0 aliphatic carbocycles. The molecule has 4 heterocycles. The number of nitrogens with one attached hydrogen (secondary N) is 1. The molecule has 1 atom stereocenters. The van der Waals surface area contributed by atoms with Gasteiger partial charge in [-0.05, 0) is 31.0 Å². The number of carbonyl (C=O) groups is 1. The number of hydrogen-bond donors (Lipinski definition) is 1. The topological polar surface area (TPSA) is 80.9 Å². The lowest BCUT2D eigenvalue weighted by Gasteiger charge is -2.18. The Bertz CT molecular complexity index is 1000. The number of hydrogen-bond acceptors (Lipinski definition) is 4. The van der Waals surface area contributed by atoms with Crippen molar-refractivity contribution in [2.75, 3.05) is 18.4 Å². The Morgan fingerprint density at radius 1 is 1.28 bits per heavy atom. The average molecular weight is 393 g/mol. The molecule has 1 saturated heterocycles. The second-order valence-corrected chi connectivity index (χ2v) is 8.58. The molecule has 0 aromatic carbocycles. The monoisotopic (exact) mass is 393 g/mol. The predicted octanol–water partition coefficient (Wildman–Crippen LogP) is 3.55. The summed E-state index contributed by atoms with van der Waals surface area (Å²) < 4.78 is 3.65. The third kappa shape index (κ3) is 4.01. The fraction of sp³-hybridized carbons (Fsp3) is 0.429. The summed E-state index contributed by atoms with van der Waals surface area (Å²) in [4.78, 5) is 19.2. The number of aryl methyl sites for hydroxylation is 1. The van der Waals surface area contributed by atoms with Crippen LogP contribution in [0.2, 0.25) is 0 Å². The lowest BCUT2D eigenvalue weighted by Crippen LogP contribution is -2.34. The molecule has 3 aromatic rings. The number of aromatic nitrogens is 5. The molecule has 8 heteroatoms. The van der Waals surface area contributed by atoms with Crippen molar-refractivity contribution in [2.24, 2.45) is 0 Å². The van der Waals surface area contributed by atoms with Gasteiger partial charge >= 0.3 is 6.03 Å². The highest BCUT2D eigenvalue weighted by Gasteiger charge is 2.29. The van der Waals surface area contributed by atoms with Gasteiger partial charge in [-0.3, -0.25) is 10.00 Å². The molecular formula is C21H27N7O. The lowest BCUT2D eigenvalue weighted by molar-refractivity contribution is 0.220. The minimum atomic E-state index is -0.143. The first-order valence-corrected chi connectivity index (χ1v) is 9.90. The molecule has 0 saturated carbocycles. The fourth-order valence-corrected chi connectivity index (χ4v) is 3.45. The van der Waals surface area contributed by atoms with Crippen molar-refractivity contribution < 1.29 is 4.79 Å². The molecule has 0 radical (unpaired) electrons. The van der Waals surface area contributed by atoms with Gasteiger partial charge in [0.15, 0.2) is 5.82 Å². The molecule has 3 aromatic heterocycles. The van der Waals surface area contributed by atoms with Crippen molar-refractivity contribution in [1.82, 2.24) is 29.4 Å². The molecule has 8 nitrogen and oxygen atoms in total. The normalized spacial score (nSPS) is 17.0. The highest BCUT2D eigenvalue weighted by molar-refractivity contribution is 5.89. The van der Waals surface area contributed by atoms with Crippen LogP contribution in [0.1, 0.15) is 44.5 Å². The summed E-state index contributed by atoms with van der Waals surface area (Å²) in [7, 11) is 0. The van der Waals surface area contributed by atoms with E-state index in [9.17, 15) is 4.79 Å². The maximum atomic E-state index is 13.0. The summed E-state index contributed by atoms with van der Waals surface area (Å²) in [6.07, 6.45) is 6.48. The van der Waals surface area contributed by atoms with Crippen molar-refractivity contribution in [3.8, 4) is 5.82 Å². The van der Waals surface area contributed by atoms with Crippen LogP contribution in [0.3, 0.4) is 0 Å². The van der Waals surface area contributed by atoms with E-state index in [1.54, 1.807) is 10.9 Å². The van der Waals surface area contributed by atoms with Crippen molar-refractivity contribution >= 4 is 11.8 Å². The zero-order valence-electron chi connectivity index (χ0n) is 17.3. The van der Waals surface area contributed by atoms with E-state index in [4.69, 9.17) is 5.10 Å². The predicted molar refractivity (Wildman–Crippen MR) is 111 cm³/mol. The van der Waals surface area contributed by atoms with E-state index in [2.05, 4.69) is 36.2 Å². The molecule has 2 amide bonds. The molecule has 4 rings (SSSR count). The second-order valence-electron chi connectivity index (χ2n) is 8.58. The van der Waals surface area contributed by atoms with Crippen LogP contribution in [0.4, 0.5) is 10.6 Å². The van der Waals surface area contributed by atoms with Gasteiger partial charge in [-0.2, -0.15) is 14.9 Å². The van der Waals surface area contributed by atoms with E-state index in [0.717, 1.165) is 17.7 Å². The molecule has 0 bridgehead atoms. The SMILES string of the molecule is Cc1cnn(C2CCN(C(=O)Nc3cc(C(C)(C)C)nn3-c3ccccn3)C2)c1. The Morgan fingerprint density at radius 2 is 2.10 bits per heavy atom. The maximum Gasteiger partial charge on any atom is 0.323 e. The quantitative estimate of drug-likeness (QED) is 0.738. The van der Waals surface area contributed by atoms with Crippen LogP contribution in [0, 0.1) is 6.92 Å². The van der Waals surface area contributed by atoms with Gasteiger partial charge in [-0.1, -0.05) is 26.8 Å². The smallest absolute Gasteiger partial charge is 0.322 e. The van der Waals surface area contributed by atoms with E-state index in [1.807, 2.05) is 53.2 Å². The molecule has 1 aliphatic rings. The van der Waals surface area contributed by atoms with Gasteiger partial charge in [0.2, 0.25) is 0 Å². The van der Waals surface area contributed by atoms with Gasteiger partial charge in [-0.25, -0.2) is 9.78 Å². The zero-order valence-corrected chi connectivity index (χ0v) is 17.3. The van der Waals surface area contributed by atoms with Gasteiger partial charge in [0.1, 0.15) is 5.82 Å². The molecule has 1 fully saturated rings. The first-order chi connectivity index (χ1) is 13.8. The maximum absolute atomic E-state index is 13.0. The van der Waals surface area contributed by atoms with E-state index in [1.165, 1.54) is 0 Å². The van der Waals surface area contributed by atoms with Crippen LogP contribution in [-0.2, 0) is 5.41 Å². The molecule has 152 valence electrons. The molecule has 1 unspecified atom stereocenters. The summed E-state index contributed by atoms with van der Waals surface area (Å²) in [5.74, 6) is 1.29. The Hall–Kier alpha value is -3.16. The summed E-state index contributed by atoms with van der Waals surface area (Å²) >= 11 is 0. The number of likely N-dealkylation sites (tertiary alicyclic amines) is 1. The Kier molecular flexibility index (Phi) is 4.86. The van der Waals surface area contributed by atoms with E-state index in [-0.39, 0.29) is 17.5 Å². The molecular weight excluding hydrogens is 366 g/mol. The first kappa shape index (κ1) is 19.2.